The zero-order valence-electron chi connectivity index (χ0n) is 13.2. The molecule has 0 saturated carbocycles. The van der Waals surface area contributed by atoms with Crippen molar-refractivity contribution in [1.82, 2.24) is 5.32 Å². The standard InChI is InChI=1S/C17H21NO4S/c1-13(2)11-17(19)18-12-16(15-9-6-10-22-15)23(20,21)14-7-4-3-5-8-14/h3-10,13,16H,11-12H2,1-2H3,(H,18,19)/t16-/m1/s1. The first kappa shape index (κ1) is 17.3. The molecule has 1 amide bonds. The summed E-state index contributed by atoms with van der Waals surface area (Å²) < 4.78 is 31.0. The zero-order chi connectivity index (χ0) is 16.9. The molecule has 0 unspecified atom stereocenters. The minimum Gasteiger partial charge on any atom is -0.468 e. The van der Waals surface area contributed by atoms with Gasteiger partial charge in [-0.25, -0.2) is 8.42 Å². The van der Waals surface area contributed by atoms with Crippen LogP contribution in [0.3, 0.4) is 0 Å². The molecule has 0 saturated heterocycles. The van der Waals surface area contributed by atoms with Crippen LogP contribution in [-0.4, -0.2) is 20.9 Å². The quantitative estimate of drug-likeness (QED) is 0.844. The summed E-state index contributed by atoms with van der Waals surface area (Å²) in [6.07, 6.45) is 1.79. The molecule has 1 heterocycles. The minimum absolute atomic E-state index is 0.0176. The fourth-order valence-corrected chi connectivity index (χ4v) is 3.87. The maximum atomic E-state index is 12.9. The molecule has 1 aromatic carbocycles. The number of benzene rings is 1. The van der Waals surface area contributed by atoms with E-state index >= 15 is 0 Å². The van der Waals surface area contributed by atoms with E-state index < -0.39 is 15.1 Å². The van der Waals surface area contributed by atoms with Crippen LogP contribution < -0.4 is 5.32 Å². The Morgan fingerprint density at radius 2 is 1.83 bits per heavy atom. The van der Waals surface area contributed by atoms with Crippen LogP contribution in [0.4, 0.5) is 0 Å². The van der Waals surface area contributed by atoms with Gasteiger partial charge in [0.15, 0.2) is 9.84 Å². The number of carbonyl (C=O) groups excluding carboxylic acids is 1. The smallest absolute Gasteiger partial charge is 0.220 e. The Hall–Kier alpha value is -2.08. The number of nitrogens with one attached hydrogen (secondary N) is 1. The maximum absolute atomic E-state index is 12.9. The molecule has 1 aromatic heterocycles. The average molecular weight is 335 g/mol. The summed E-state index contributed by atoms with van der Waals surface area (Å²) in [6, 6.07) is 11.4. The van der Waals surface area contributed by atoms with E-state index in [0.717, 1.165) is 0 Å². The predicted octanol–water partition coefficient (Wildman–Crippen LogP) is 2.96. The van der Waals surface area contributed by atoms with E-state index in [9.17, 15) is 13.2 Å². The molecule has 23 heavy (non-hydrogen) atoms. The molecular weight excluding hydrogens is 314 g/mol. The Labute approximate surface area is 136 Å². The van der Waals surface area contributed by atoms with Crippen LogP contribution in [0, 0.1) is 5.92 Å². The van der Waals surface area contributed by atoms with E-state index in [-0.39, 0.29) is 23.3 Å². The molecule has 0 aliphatic heterocycles. The van der Waals surface area contributed by atoms with Crippen molar-refractivity contribution in [3.63, 3.8) is 0 Å². The molecule has 2 rings (SSSR count). The van der Waals surface area contributed by atoms with Crippen LogP contribution in [0.25, 0.3) is 0 Å². The Balaban J connectivity index is 2.24. The van der Waals surface area contributed by atoms with Gasteiger partial charge in [0, 0.05) is 13.0 Å². The second kappa shape index (κ2) is 7.46. The predicted molar refractivity (Wildman–Crippen MR) is 87.5 cm³/mol. The summed E-state index contributed by atoms with van der Waals surface area (Å²) in [4.78, 5) is 12.1. The van der Waals surface area contributed by atoms with Crippen molar-refractivity contribution in [2.45, 2.75) is 30.4 Å². The van der Waals surface area contributed by atoms with Crippen LogP contribution in [0.15, 0.2) is 58.0 Å². The van der Waals surface area contributed by atoms with Crippen molar-refractivity contribution < 1.29 is 17.6 Å². The Morgan fingerprint density at radius 3 is 2.39 bits per heavy atom. The van der Waals surface area contributed by atoms with Gasteiger partial charge in [0.2, 0.25) is 5.91 Å². The van der Waals surface area contributed by atoms with Gasteiger partial charge in [-0.05, 0) is 30.2 Å². The first-order valence-corrected chi connectivity index (χ1v) is 9.05. The normalized spacial score (nSPS) is 13.0. The summed E-state index contributed by atoms with van der Waals surface area (Å²) in [5.41, 5.74) is 0. The summed E-state index contributed by atoms with van der Waals surface area (Å²) in [6.45, 7) is 3.85. The molecule has 0 fully saturated rings. The van der Waals surface area contributed by atoms with Crippen LogP contribution >= 0.6 is 0 Å². The molecule has 0 bridgehead atoms. The van der Waals surface area contributed by atoms with Gasteiger partial charge in [-0.2, -0.15) is 0 Å². The van der Waals surface area contributed by atoms with E-state index in [1.165, 1.54) is 6.26 Å². The van der Waals surface area contributed by atoms with Gasteiger partial charge >= 0.3 is 0 Å². The molecule has 1 atom stereocenters. The fraction of sp³-hybridized carbons (Fsp3) is 0.353. The topological polar surface area (TPSA) is 76.4 Å². The molecule has 0 aliphatic rings. The number of sulfone groups is 1. The number of rotatable bonds is 7. The van der Waals surface area contributed by atoms with E-state index in [0.29, 0.717) is 12.2 Å². The van der Waals surface area contributed by atoms with Crippen LogP contribution in [0.1, 0.15) is 31.3 Å². The Morgan fingerprint density at radius 1 is 1.13 bits per heavy atom. The van der Waals surface area contributed by atoms with Gasteiger partial charge in [-0.15, -0.1) is 0 Å². The lowest BCUT2D eigenvalue weighted by molar-refractivity contribution is -0.121. The lowest BCUT2D eigenvalue weighted by atomic mass is 10.1. The maximum Gasteiger partial charge on any atom is 0.220 e. The van der Waals surface area contributed by atoms with Gasteiger partial charge in [0.05, 0.1) is 11.2 Å². The highest BCUT2D eigenvalue weighted by atomic mass is 32.2. The van der Waals surface area contributed by atoms with Crippen molar-refractivity contribution in [2.75, 3.05) is 6.54 Å². The number of carbonyl (C=O) groups is 1. The van der Waals surface area contributed by atoms with Crippen molar-refractivity contribution in [3.8, 4) is 0 Å². The molecule has 1 N–H and O–H groups in total. The monoisotopic (exact) mass is 335 g/mol. The van der Waals surface area contributed by atoms with Crippen LogP contribution in [0.5, 0.6) is 0 Å². The number of furan rings is 1. The van der Waals surface area contributed by atoms with Gasteiger partial charge in [0.1, 0.15) is 11.0 Å². The van der Waals surface area contributed by atoms with E-state index in [2.05, 4.69) is 5.32 Å². The number of amides is 1. The van der Waals surface area contributed by atoms with E-state index in [1.54, 1.807) is 42.5 Å². The number of hydrogen-bond acceptors (Lipinski definition) is 4. The third-order valence-corrected chi connectivity index (χ3v) is 5.46. The summed E-state index contributed by atoms with van der Waals surface area (Å²) in [7, 11) is -3.66. The first-order chi connectivity index (χ1) is 10.9. The van der Waals surface area contributed by atoms with Gasteiger partial charge in [0.25, 0.3) is 0 Å². The van der Waals surface area contributed by atoms with Gasteiger partial charge in [-0.3, -0.25) is 4.79 Å². The summed E-state index contributed by atoms with van der Waals surface area (Å²) in [5.74, 6) is 0.362. The van der Waals surface area contributed by atoms with Crippen molar-refractivity contribution in [2.24, 2.45) is 5.92 Å². The highest BCUT2D eigenvalue weighted by molar-refractivity contribution is 7.91. The first-order valence-electron chi connectivity index (χ1n) is 7.50. The minimum atomic E-state index is -3.66. The van der Waals surface area contributed by atoms with Gasteiger partial charge < -0.3 is 9.73 Å². The lowest BCUT2D eigenvalue weighted by Gasteiger charge is -2.17. The van der Waals surface area contributed by atoms with Crippen molar-refractivity contribution >= 4 is 15.7 Å². The lowest BCUT2D eigenvalue weighted by Crippen LogP contribution is -2.32. The molecular formula is C17H21NO4S. The fourth-order valence-electron chi connectivity index (χ4n) is 2.26. The molecule has 5 nitrogen and oxygen atoms in total. The van der Waals surface area contributed by atoms with Gasteiger partial charge in [-0.1, -0.05) is 32.0 Å². The molecule has 124 valence electrons. The van der Waals surface area contributed by atoms with E-state index in [1.807, 2.05) is 13.8 Å². The third-order valence-electron chi connectivity index (χ3n) is 3.39. The second-order valence-corrected chi connectivity index (χ2v) is 7.89. The van der Waals surface area contributed by atoms with Crippen LogP contribution in [0.2, 0.25) is 0 Å². The Bertz CT molecular complexity index is 721. The largest absolute Gasteiger partial charge is 0.468 e. The average Bonchev–Trinajstić information content (AvgIpc) is 3.01. The van der Waals surface area contributed by atoms with Crippen molar-refractivity contribution in [3.05, 3.63) is 54.5 Å². The molecule has 6 heteroatoms. The third kappa shape index (κ3) is 4.45. The van der Waals surface area contributed by atoms with Crippen molar-refractivity contribution in [1.29, 1.82) is 0 Å². The molecule has 2 aromatic rings. The Kier molecular flexibility index (Phi) is 5.60. The SMILES string of the molecule is CC(C)CC(=O)NC[C@H](c1ccco1)S(=O)(=O)c1ccccc1. The zero-order valence-corrected chi connectivity index (χ0v) is 14.0. The molecule has 0 aliphatic carbocycles. The summed E-state index contributed by atoms with van der Waals surface area (Å²) in [5, 5.41) is 1.75. The highest BCUT2D eigenvalue weighted by Crippen LogP contribution is 2.28. The second-order valence-electron chi connectivity index (χ2n) is 5.76. The number of hydrogen-bond donors (Lipinski definition) is 1. The summed E-state index contributed by atoms with van der Waals surface area (Å²) >= 11 is 0. The molecule has 0 spiro atoms. The highest BCUT2D eigenvalue weighted by Gasteiger charge is 2.31. The van der Waals surface area contributed by atoms with Crippen LogP contribution in [-0.2, 0) is 14.6 Å². The van der Waals surface area contributed by atoms with E-state index in [4.69, 9.17) is 4.42 Å². The molecule has 0 radical (unpaired) electrons.